The van der Waals surface area contributed by atoms with Crippen molar-refractivity contribution in [2.45, 2.75) is 477 Å². The van der Waals surface area contributed by atoms with E-state index >= 15 is 0 Å². The zero-order valence-corrected chi connectivity index (χ0v) is 70.0. The average Bonchev–Trinajstić information content (AvgIpc) is 2.37. The van der Waals surface area contributed by atoms with Gasteiger partial charge in [0, 0.05) is 25.7 Å². The lowest BCUT2D eigenvalue weighted by Gasteiger charge is -2.21. The fourth-order valence-corrected chi connectivity index (χ4v) is 14.8. The van der Waals surface area contributed by atoms with Gasteiger partial charge in [0.15, 0.2) is 12.2 Å². The average molecular weight is 1520 g/mol. The lowest BCUT2D eigenvalue weighted by atomic mass is 9.99. The number of aliphatic hydroxyl groups excluding tert-OH is 1. The van der Waals surface area contributed by atoms with Crippen molar-refractivity contribution in [1.29, 1.82) is 0 Å². The molecule has 618 valence electrons. The minimum atomic E-state index is -4.96. The second-order valence-corrected chi connectivity index (χ2v) is 33.7. The van der Waals surface area contributed by atoms with Crippen molar-refractivity contribution in [3.8, 4) is 0 Å². The first-order valence-electron chi connectivity index (χ1n) is 44.2. The fourth-order valence-electron chi connectivity index (χ4n) is 13.3. The standard InChI is InChI=1S/C85H166O17P2/c1-6-10-13-16-19-22-25-28-31-33-34-35-36-37-40-43-46-49-56-61-66-71-84(89)101-80(74-95-82(87)68-63-58-53-47-44-41-39-32-29-26-23-20-17-14-11-7-2)76-99-103(91,92)97-72-79(86)73-98-104(93,94)100-77-81(75-96-83(88)69-64-59-54-51-50-52-57-62-67-78(5)9-4)102-85(90)70-65-60-55-48-45-42-38-30-27-24-21-18-15-12-8-3/h78-81,86H,6-77H2,1-5H3,(H,91,92)(H,93,94)/t78?,79-,80-,81-/m1/s1. The number of phosphoric acid groups is 2. The molecule has 0 saturated carbocycles. The number of esters is 4. The van der Waals surface area contributed by atoms with E-state index in [1.807, 2.05) is 0 Å². The Morgan fingerprint density at radius 2 is 0.462 bits per heavy atom. The summed E-state index contributed by atoms with van der Waals surface area (Å²) in [5.74, 6) is -1.32. The van der Waals surface area contributed by atoms with E-state index in [1.165, 1.54) is 283 Å². The Labute approximate surface area is 638 Å². The summed E-state index contributed by atoms with van der Waals surface area (Å²) in [5.41, 5.74) is 0. The van der Waals surface area contributed by atoms with E-state index in [0.29, 0.717) is 25.7 Å². The molecule has 0 aromatic carbocycles. The monoisotopic (exact) mass is 1520 g/mol. The number of phosphoric ester groups is 2. The van der Waals surface area contributed by atoms with Crippen LogP contribution in [0.5, 0.6) is 0 Å². The second kappa shape index (κ2) is 77.8. The molecular formula is C85H166O17P2. The molecule has 104 heavy (non-hydrogen) atoms. The third kappa shape index (κ3) is 76.8. The van der Waals surface area contributed by atoms with Crippen molar-refractivity contribution >= 4 is 39.5 Å². The molecule has 0 spiro atoms. The summed E-state index contributed by atoms with van der Waals surface area (Å²) in [5, 5.41) is 10.7. The van der Waals surface area contributed by atoms with Crippen molar-refractivity contribution in [1.82, 2.24) is 0 Å². The number of hydrogen-bond donors (Lipinski definition) is 3. The van der Waals surface area contributed by atoms with Crippen molar-refractivity contribution in [3.05, 3.63) is 0 Å². The number of carbonyl (C=O) groups excluding carboxylic acids is 4. The van der Waals surface area contributed by atoms with Crippen molar-refractivity contribution in [3.63, 3.8) is 0 Å². The van der Waals surface area contributed by atoms with E-state index < -0.39 is 97.5 Å². The molecule has 0 saturated heterocycles. The van der Waals surface area contributed by atoms with Gasteiger partial charge in [-0.2, -0.15) is 0 Å². The van der Waals surface area contributed by atoms with Gasteiger partial charge in [-0.15, -0.1) is 0 Å². The second-order valence-electron chi connectivity index (χ2n) is 30.8. The number of unbranched alkanes of at least 4 members (excludes halogenated alkanes) is 56. The largest absolute Gasteiger partial charge is 0.472 e. The summed E-state index contributed by atoms with van der Waals surface area (Å²) in [6, 6.07) is 0. The molecule has 3 N–H and O–H groups in total. The van der Waals surface area contributed by atoms with E-state index in [4.69, 9.17) is 37.0 Å². The molecule has 6 atom stereocenters. The highest BCUT2D eigenvalue weighted by atomic mass is 31.2. The van der Waals surface area contributed by atoms with Crippen LogP contribution >= 0.6 is 15.6 Å². The van der Waals surface area contributed by atoms with E-state index in [0.717, 1.165) is 95.8 Å². The number of aliphatic hydroxyl groups is 1. The van der Waals surface area contributed by atoms with Gasteiger partial charge in [0.25, 0.3) is 0 Å². The summed E-state index contributed by atoms with van der Waals surface area (Å²) >= 11 is 0. The molecule has 17 nitrogen and oxygen atoms in total. The maximum atomic E-state index is 13.1. The van der Waals surface area contributed by atoms with Gasteiger partial charge < -0.3 is 33.8 Å². The molecule has 0 aromatic rings. The highest BCUT2D eigenvalue weighted by Gasteiger charge is 2.30. The molecule has 0 bridgehead atoms. The van der Waals surface area contributed by atoms with Gasteiger partial charge in [-0.05, 0) is 31.6 Å². The molecule has 0 heterocycles. The predicted octanol–water partition coefficient (Wildman–Crippen LogP) is 26.0. The third-order valence-electron chi connectivity index (χ3n) is 20.4. The fraction of sp³-hybridized carbons (Fsp3) is 0.953. The smallest absolute Gasteiger partial charge is 0.462 e. The Kier molecular flexibility index (Phi) is 76.3. The third-order valence-corrected chi connectivity index (χ3v) is 22.3. The molecule has 0 aliphatic carbocycles. The zero-order valence-electron chi connectivity index (χ0n) is 68.2. The quantitative estimate of drug-likeness (QED) is 0.0222. The van der Waals surface area contributed by atoms with Crippen LogP contribution in [0.1, 0.15) is 458 Å². The van der Waals surface area contributed by atoms with E-state index in [2.05, 4.69) is 34.6 Å². The van der Waals surface area contributed by atoms with Crippen molar-refractivity contribution in [2.24, 2.45) is 5.92 Å². The van der Waals surface area contributed by atoms with Gasteiger partial charge in [-0.3, -0.25) is 37.3 Å². The van der Waals surface area contributed by atoms with E-state index in [1.54, 1.807) is 0 Å². The van der Waals surface area contributed by atoms with Crippen LogP contribution in [0.3, 0.4) is 0 Å². The van der Waals surface area contributed by atoms with Gasteiger partial charge in [-0.1, -0.05) is 407 Å². The minimum absolute atomic E-state index is 0.108. The van der Waals surface area contributed by atoms with E-state index in [9.17, 15) is 43.2 Å². The lowest BCUT2D eigenvalue weighted by molar-refractivity contribution is -0.161. The van der Waals surface area contributed by atoms with Crippen LogP contribution in [-0.2, 0) is 65.4 Å². The molecule has 0 aliphatic heterocycles. The van der Waals surface area contributed by atoms with Crippen LogP contribution in [0, 0.1) is 5.92 Å². The molecule has 0 aliphatic rings. The van der Waals surface area contributed by atoms with Crippen LogP contribution in [0.2, 0.25) is 0 Å². The summed E-state index contributed by atoms with van der Waals surface area (Å²) in [6.07, 6.45) is 70.7. The number of carbonyl (C=O) groups is 4. The summed E-state index contributed by atoms with van der Waals surface area (Å²) in [6.45, 7) is 7.37. The van der Waals surface area contributed by atoms with E-state index in [-0.39, 0.29) is 25.7 Å². The summed E-state index contributed by atoms with van der Waals surface area (Å²) < 4.78 is 68.9. The van der Waals surface area contributed by atoms with Gasteiger partial charge in [0.1, 0.15) is 19.3 Å². The molecule has 0 radical (unpaired) electrons. The SMILES string of the molecule is CCCCCCCCCCCCCCCCCCCCCCCC(=O)O[C@H](COC(=O)CCCCCCCCCCCCCCCCCC)COP(=O)(O)OC[C@@H](O)COP(=O)(O)OC[C@@H](COC(=O)CCCCCCCCCCC(C)CC)OC(=O)CCCCCCCCCCCCCCCCC. The molecular weight excluding hydrogens is 1350 g/mol. The van der Waals surface area contributed by atoms with Crippen LogP contribution < -0.4 is 0 Å². The molecule has 0 amide bonds. The summed E-state index contributed by atoms with van der Waals surface area (Å²) in [4.78, 5) is 73.2. The van der Waals surface area contributed by atoms with Crippen LogP contribution in [-0.4, -0.2) is 96.7 Å². The van der Waals surface area contributed by atoms with Crippen molar-refractivity contribution in [2.75, 3.05) is 39.6 Å². The first-order valence-corrected chi connectivity index (χ1v) is 47.2. The van der Waals surface area contributed by atoms with Crippen LogP contribution in [0.25, 0.3) is 0 Å². The minimum Gasteiger partial charge on any atom is -0.462 e. The Morgan fingerprint density at radius 1 is 0.269 bits per heavy atom. The molecule has 19 heteroatoms. The molecule has 3 unspecified atom stereocenters. The number of hydrogen-bond acceptors (Lipinski definition) is 15. The lowest BCUT2D eigenvalue weighted by Crippen LogP contribution is -2.30. The Morgan fingerprint density at radius 3 is 0.683 bits per heavy atom. The first-order chi connectivity index (χ1) is 50.6. The summed E-state index contributed by atoms with van der Waals surface area (Å²) in [7, 11) is -9.93. The Hall–Kier alpha value is -1.94. The van der Waals surface area contributed by atoms with Crippen molar-refractivity contribution < 1.29 is 80.2 Å². The van der Waals surface area contributed by atoms with Crippen LogP contribution in [0.15, 0.2) is 0 Å². The van der Waals surface area contributed by atoms with Crippen LogP contribution in [0.4, 0.5) is 0 Å². The Balaban J connectivity index is 5.25. The van der Waals surface area contributed by atoms with Gasteiger partial charge >= 0.3 is 39.5 Å². The molecule has 0 fully saturated rings. The molecule has 0 rings (SSSR count). The highest BCUT2D eigenvalue weighted by molar-refractivity contribution is 7.47. The normalized spacial score (nSPS) is 14.0. The number of ether oxygens (including phenoxy) is 4. The Bertz CT molecular complexity index is 1980. The molecule has 0 aromatic heterocycles. The maximum absolute atomic E-state index is 13.1. The predicted molar refractivity (Wildman–Crippen MR) is 428 cm³/mol. The number of rotatable bonds is 85. The van der Waals surface area contributed by atoms with Gasteiger partial charge in [0.2, 0.25) is 0 Å². The van der Waals surface area contributed by atoms with Gasteiger partial charge in [-0.25, -0.2) is 9.13 Å². The topological polar surface area (TPSA) is 237 Å². The highest BCUT2D eigenvalue weighted by Crippen LogP contribution is 2.45. The zero-order chi connectivity index (χ0) is 76.2. The maximum Gasteiger partial charge on any atom is 0.472 e. The first kappa shape index (κ1) is 102. The van der Waals surface area contributed by atoms with Gasteiger partial charge in [0.05, 0.1) is 26.4 Å².